The van der Waals surface area contributed by atoms with Gasteiger partial charge in [0.1, 0.15) is 6.04 Å². The van der Waals surface area contributed by atoms with Gasteiger partial charge in [0.2, 0.25) is 5.91 Å². The zero-order chi connectivity index (χ0) is 9.97. The fourth-order valence-electron chi connectivity index (χ4n) is 1.46. The van der Waals surface area contributed by atoms with Gasteiger partial charge in [-0.15, -0.1) is 0 Å². The Balaban J connectivity index is 1.84. The van der Waals surface area contributed by atoms with E-state index in [1.165, 1.54) is 12.8 Å². The van der Waals surface area contributed by atoms with E-state index in [9.17, 15) is 4.79 Å². The van der Waals surface area contributed by atoms with Gasteiger partial charge in [-0.05, 0) is 37.8 Å². The molecule has 1 saturated carbocycles. The third kappa shape index (κ3) is 2.16. The minimum Gasteiger partial charge on any atom is -0.354 e. The molecule has 0 saturated heterocycles. The maximum absolute atomic E-state index is 11.6. The zero-order valence-corrected chi connectivity index (χ0v) is 8.44. The van der Waals surface area contributed by atoms with Crippen LogP contribution in [0.2, 0.25) is 0 Å². The minimum absolute atomic E-state index is 0.0938. The highest BCUT2D eigenvalue weighted by molar-refractivity contribution is 5.79. The molecule has 3 nitrogen and oxygen atoms in total. The molecular formula is C11H16N2O. The van der Waals surface area contributed by atoms with Gasteiger partial charge in [0.15, 0.2) is 0 Å². The first-order valence-electron chi connectivity index (χ1n) is 5.17. The van der Waals surface area contributed by atoms with E-state index in [-0.39, 0.29) is 11.9 Å². The molecule has 0 unspecified atom stereocenters. The van der Waals surface area contributed by atoms with Crippen LogP contribution in [0, 0.1) is 5.92 Å². The van der Waals surface area contributed by atoms with E-state index in [2.05, 4.69) is 5.32 Å². The molecule has 1 aliphatic rings. The van der Waals surface area contributed by atoms with Gasteiger partial charge in [-0.3, -0.25) is 4.79 Å². The van der Waals surface area contributed by atoms with Crippen molar-refractivity contribution in [2.24, 2.45) is 5.92 Å². The van der Waals surface area contributed by atoms with Crippen LogP contribution in [0.5, 0.6) is 0 Å². The summed E-state index contributed by atoms with van der Waals surface area (Å²) in [5.74, 6) is 0.865. The van der Waals surface area contributed by atoms with Crippen LogP contribution in [0.4, 0.5) is 0 Å². The van der Waals surface area contributed by atoms with Gasteiger partial charge in [0.25, 0.3) is 0 Å². The normalized spacial score (nSPS) is 17.8. The highest BCUT2D eigenvalue weighted by Gasteiger charge is 2.23. The van der Waals surface area contributed by atoms with Crippen molar-refractivity contribution in [1.82, 2.24) is 9.88 Å². The third-order valence-corrected chi connectivity index (χ3v) is 2.72. The van der Waals surface area contributed by atoms with Gasteiger partial charge < -0.3 is 9.88 Å². The number of amides is 1. The lowest BCUT2D eigenvalue weighted by Crippen LogP contribution is -2.31. The van der Waals surface area contributed by atoms with Crippen LogP contribution in [0.25, 0.3) is 0 Å². The van der Waals surface area contributed by atoms with Crippen LogP contribution in [-0.2, 0) is 4.79 Å². The van der Waals surface area contributed by atoms with E-state index >= 15 is 0 Å². The van der Waals surface area contributed by atoms with Crippen LogP contribution in [0.3, 0.4) is 0 Å². The summed E-state index contributed by atoms with van der Waals surface area (Å²) in [4.78, 5) is 11.6. The summed E-state index contributed by atoms with van der Waals surface area (Å²) in [5.41, 5.74) is 0. The van der Waals surface area contributed by atoms with Gasteiger partial charge in [0.05, 0.1) is 0 Å². The number of hydrogen-bond acceptors (Lipinski definition) is 1. The smallest absolute Gasteiger partial charge is 0.242 e. The number of rotatable bonds is 4. The number of carbonyl (C=O) groups excluding carboxylic acids is 1. The second kappa shape index (κ2) is 3.86. The molecular weight excluding hydrogens is 176 g/mol. The van der Waals surface area contributed by atoms with Crippen molar-refractivity contribution in [2.75, 3.05) is 6.54 Å². The number of aromatic nitrogens is 1. The van der Waals surface area contributed by atoms with Gasteiger partial charge in [-0.1, -0.05) is 0 Å². The molecule has 14 heavy (non-hydrogen) atoms. The highest BCUT2D eigenvalue weighted by Crippen LogP contribution is 2.27. The predicted molar refractivity (Wildman–Crippen MR) is 54.9 cm³/mol. The minimum atomic E-state index is -0.0938. The number of carbonyl (C=O) groups is 1. The molecule has 1 atom stereocenters. The summed E-state index contributed by atoms with van der Waals surface area (Å²) in [7, 11) is 0. The molecule has 0 spiro atoms. The summed E-state index contributed by atoms with van der Waals surface area (Å²) in [6, 6.07) is 3.78. The Morgan fingerprint density at radius 3 is 2.71 bits per heavy atom. The fourth-order valence-corrected chi connectivity index (χ4v) is 1.46. The molecule has 1 aliphatic carbocycles. The van der Waals surface area contributed by atoms with E-state index in [1.807, 2.05) is 36.0 Å². The Labute approximate surface area is 84.1 Å². The van der Waals surface area contributed by atoms with Crippen LogP contribution >= 0.6 is 0 Å². The maximum Gasteiger partial charge on any atom is 0.242 e. The van der Waals surface area contributed by atoms with Crippen molar-refractivity contribution < 1.29 is 4.79 Å². The lowest BCUT2D eigenvalue weighted by molar-refractivity contribution is -0.123. The van der Waals surface area contributed by atoms with Crippen molar-refractivity contribution >= 4 is 5.91 Å². The summed E-state index contributed by atoms with van der Waals surface area (Å²) >= 11 is 0. The topological polar surface area (TPSA) is 34.0 Å². The van der Waals surface area contributed by atoms with E-state index in [0.29, 0.717) is 0 Å². The van der Waals surface area contributed by atoms with Gasteiger partial charge in [0, 0.05) is 18.9 Å². The second-order valence-corrected chi connectivity index (χ2v) is 3.99. The Morgan fingerprint density at radius 1 is 1.50 bits per heavy atom. The predicted octanol–water partition coefficient (Wildman–Crippen LogP) is 1.58. The largest absolute Gasteiger partial charge is 0.354 e. The average Bonchev–Trinajstić information content (AvgIpc) is 2.86. The number of nitrogens with one attached hydrogen (secondary N) is 1. The Bertz CT molecular complexity index is 301. The van der Waals surface area contributed by atoms with Gasteiger partial charge >= 0.3 is 0 Å². The monoisotopic (exact) mass is 192 g/mol. The first-order chi connectivity index (χ1) is 6.77. The van der Waals surface area contributed by atoms with E-state index in [0.717, 1.165) is 12.5 Å². The van der Waals surface area contributed by atoms with E-state index in [4.69, 9.17) is 0 Å². The molecule has 1 amide bonds. The van der Waals surface area contributed by atoms with Gasteiger partial charge in [-0.2, -0.15) is 0 Å². The van der Waals surface area contributed by atoms with E-state index in [1.54, 1.807) is 0 Å². The fraction of sp³-hybridized carbons (Fsp3) is 0.545. The molecule has 3 heteroatoms. The quantitative estimate of drug-likeness (QED) is 0.772. The molecule has 0 radical (unpaired) electrons. The molecule has 1 N–H and O–H groups in total. The summed E-state index contributed by atoms with van der Waals surface area (Å²) < 4.78 is 1.92. The molecule has 0 aromatic carbocycles. The molecule has 76 valence electrons. The molecule has 0 bridgehead atoms. The first-order valence-corrected chi connectivity index (χ1v) is 5.17. The second-order valence-electron chi connectivity index (χ2n) is 3.99. The Morgan fingerprint density at radius 2 is 2.14 bits per heavy atom. The maximum atomic E-state index is 11.6. The number of hydrogen-bond donors (Lipinski definition) is 1. The van der Waals surface area contributed by atoms with Gasteiger partial charge in [-0.25, -0.2) is 0 Å². The van der Waals surface area contributed by atoms with Crippen molar-refractivity contribution in [3.05, 3.63) is 24.5 Å². The van der Waals surface area contributed by atoms with Crippen molar-refractivity contribution in [3.63, 3.8) is 0 Å². The summed E-state index contributed by atoms with van der Waals surface area (Å²) in [6.45, 7) is 2.77. The van der Waals surface area contributed by atoms with Crippen LogP contribution in [-0.4, -0.2) is 17.0 Å². The molecule has 1 aromatic rings. The number of nitrogens with zero attached hydrogens (tertiary/aromatic N) is 1. The standard InChI is InChI=1S/C11H16N2O/c1-9(13-6-2-3-7-13)11(14)12-8-10-4-5-10/h2-3,6-7,9-10H,4-5,8H2,1H3,(H,12,14)/t9-/m0/s1. The molecule has 1 aromatic heterocycles. The molecule has 0 aliphatic heterocycles. The lowest BCUT2D eigenvalue weighted by Gasteiger charge is -2.13. The highest BCUT2D eigenvalue weighted by atomic mass is 16.2. The zero-order valence-electron chi connectivity index (χ0n) is 8.44. The van der Waals surface area contributed by atoms with Crippen LogP contribution in [0.15, 0.2) is 24.5 Å². The lowest BCUT2D eigenvalue weighted by atomic mass is 10.3. The van der Waals surface area contributed by atoms with Crippen molar-refractivity contribution in [1.29, 1.82) is 0 Å². The summed E-state index contributed by atoms with van der Waals surface area (Å²) in [5, 5.41) is 2.97. The third-order valence-electron chi connectivity index (χ3n) is 2.72. The van der Waals surface area contributed by atoms with Crippen LogP contribution in [0.1, 0.15) is 25.8 Å². The van der Waals surface area contributed by atoms with Crippen molar-refractivity contribution in [2.45, 2.75) is 25.8 Å². The molecule has 1 heterocycles. The molecule has 2 rings (SSSR count). The average molecular weight is 192 g/mol. The Hall–Kier alpha value is -1.25. The summed E-state index contributed by atoms with van der Waals surface area (Å²) in [6.07, 6.45) is 6.39. The SMILES string of the molecule is C[C@@H](C(=O)NCC1CC1)n1cccc1. The van der Waals surface area contributed by atoms with E-state index < -0.39 is 0 Å². The first kappa shape index (κ1) is 9.31. The van der Waals surface area contributed by atoms with Crippen molar-refractivity contribution in [3.8, 4) is 0 Å². The molecule has 1 fully saturated rings. The Kier molecular flexibility index (Phi) is 2.57. The van der Waals surface area contributed by atoms with Crippen LogP contribution < -0.4 is 5.32 Å².